The third-order valence-corrected chi connectivity index (χ3v) is 4.88. The van der Waals surface area contributed by atoms with E-state index in [2.05, 4.69) is 15.1 Å². The van der Waals surface area contributed by atoms with Crippen molar-refractivity contribution in [2.24, 2.45) is 0 Å². The van der Waals surface area contributed by atoms with E-state index in [0.29, 0.717) is 39.4 Å². The van der Waals surface area contributed by atoms with Crippen LogP contribution in [-0.2, 0) is 6.42 Å². The minimum atomic E-state index is 0.437. The van der Waals surface area contributed by atoms with Crippen LogP contribution in [0.5, 0.6) is 11.5 Å². The van der Waals surface area contributed by atoms with Gasteiger partial charge in [0.25, 0.3) is 0 Å². The van der Waals surface area contributed by atoms with Crippen LogP contribution < -0.4 is 9.47 Å². The van der Waals surface area contributed by atoms with Crippen molar-refractivity contribution in [3.05, 3.63) is 64.2 Å². The molecule has 2 aromatic carbocycles. The number of ether oxygens (including phenoxy) is 2. The summed E-state index contributed by atoms with van der Waals surface area (Å²) >= 11 is 12.2. The zero-order valence-electron chi connectivity index (χ0n) is 15.1. The molecule has 0 fully saturated rings. The van der Waals surface area contributed by atoms with Crippen molar-refractivity contribution in [1.29, 1.82) is 0 Å². The summed E-state index contributed by atoms with van der Waals surface area (Å²) in [5.41, 5.74) is 2.92. The van der Waals surface area contributed by atoms with Crippen LogP contribution in [0.2, 0.25) is 10.0 Å². The Labute approximate surface area is 171 Å². The number of fused-ring (bicyclic) bond motifs is 1. The van der Waals surface area contributed by atoms with E-state index in [1.165, 1.54) is 6.33 Å². The normalized spacial score (nSPS) is 11.0. The Morgan fingerprint density at radius 1 is 0.964 bits per heavy atom. The molecule has 6 nitrogen and oxygen atoms in total. The molecule has 2 aromatic heterocycles. The second-order valence-electron chi connectivity index (χ2n) is 6.02. The average Bonchev–Trinajstić information content (AvgIpc) is 3.15. The van der Waals surface area contributed by atoms with Gasteiger partial charge in [0.2, 0.25) is 0 Å². The molecular formula is C20H15Cl2N3O3. The summed E-state index contributed by atoms with van der Waals surface area (Å²) in [6.45, 7) is 0. The Hall–Kier alpha value is -2.83. The van der Waals surface area contributed by atoms with E-state index in [-0.39, 0.29) is 0 Å². The van der Waals surface area contributed by atoms with Gasteiger partial charge in [0.05, 0.1) is 36.9 Å². The fourth-order valence-corrected chi connectivity index (χ4v) is 3.47. The molecule has 0 atom stereocenters. The highest BCUT2D eigenvalue weighted by Crippen LogP contribution is 2.34. The van der Waals surface area contributed by atoms with Crippen LogP contribution >= 0.6 is 23.2 Å². The fraction of sp³-hybridized carbons (Fsp3) is 0.150. The minimum Gasteiger partial charge on any atom is -0.493 e. The van der Waals surface area contributed by atoms with Crippen molar-refractivity contribution < 1.29 is 14.0 Å². The van der Waals surface area contributed by atoms with Crippen LogP contribution in [-0.4, -0.2) is 29.3 Å². The Kier molecular flexibility index (Phi) is 5.07. The van der Waals surface area contributed by atoms with Crippen molar-refractivity contribution in [2.45, 2.75) is 6.42 Å². The summed E-state index contributed by atoms with van der Waals surface area (Å²) in [7, 11) is 3.18. The molecule has 0 radical (unpaired) electrons. The van der Waals surface area contributed by atoms with Gasteiger partial charge in [-0.05, 0) is 24.3 Å². The topological polar surface area (TPSA) is 70.3 Å². The first-order valence-electron chi connectivity index (χ1n) is 8.35. The number of nitrogens with zero attached hydrogens (tertiary/aromatic N) is 3. The molecule has 0 unspecified atom stereocenters. The largest absolute Gasteiger partial charge is 0.493 e. The Bertz CT molecular complexity index is 1160. The maximum Gasteiger partial charge on any atom is 0.162 e. The van der Waals surface area contributed by atoms with Gasteiger partial charge in [-0.15, -0.1) is 0 Å². The number of aromatic nitrogens is 3. The van der Waals surface area contributed by atoms with Gasteiger partial charge in [-0.3, -0.25) is 0 Å². The minimum absolute atomic E-state index is 0.437. The second-order valence-corrected chi connectivity index (χ2v) is 6.87. The Balaban J connectivity index is 1.70. The van der Waals surface area contributed by atoms with Crippen molar-refractivity contribution >= 4 is 34.1 Å². The maximum atomic E-state index is 6.26. The molecule has 0 aliphatic rings. The number of methoxy groups -OCH3 is 2. The van der Waals surface area contributed by atoms with E-state index in [1.807, 2.05) is 24.3 Å². The van der Waals surface area contributed by atoms with E-state index < -0.39 is 0 Å². The zero-order chi connectivity index (χ0) is 19.7. The molecule has 0 saturated heterocycles. The van der Waals surface area contributed by atoms with Crippen LogP contribution in [0.25, 0.3) is 22.2 Å². The van der Waals surface area contributed by atoms with Crippen LogP contribution in [0.15, 0.2) is 47.2 Å². The molecule has 0 N–H and O–H groups in total. The predicted molar refractivity (Wildman–Crippen MR) is 107 cm³/mol. The summed E-state index contributed by atoms with van der Waals surface area (Å²) in [6.07, 6.45) is 1.95. The summed E-state index contributed by atoms with van der Waals surface area (Å²) in [5.74, 6) is 1.87. The fourth-order valence-electron chi connectivity index (χ4n) is 2.96. The highest BCUT2D eigenvalue weighted by Gasteiger charge is 2.15. The average molecular weight is 416 g/mol. The summed E-state index contributed by atoms with van der Waals surface area (Å²) in [6, 6.07) is 10.8. The van der Waals surface area contributed by atoms with Crippen molar-refractivity contribution in [2.75, 3.05) is 14.2 Å². The van der Waals surface area contributed by atoms with Crippen LogP contribution in [0.4, 0.5) is 0 Å². The van der Waals surface area contributed by atoms with Gasteiger partial charge in [0, 0.05) is 28.1 Å². The number of hydrogen-bond donors (Lipinski definition) is 0. The summed E-state index contributed by atoms with van der Waals surface area (Å²) < 4.78 is 16.2. The van der Waals surface area contributed by atoms with E-state index in [1.54, 1.807) is 26.4 Å². The van der Waals surface area contributed by atoms with Gasteiger partial charge in [0.15, 0.2) is 11.5 Å². The van der Waals surface area contributed by atoms with Gasteiger partial charge < -0.3 is 14.0 Å². The lowest BCUT2D eigenvalue weighted by molar-refractivity contribution is 0.355. The molecule has 0 saturated carbocycles. The molecule has 4 rings (SSSR count). The third kappa shape index (κ3) is 3.48. The van der Waals surface area contributed by atoms with Crippen LogP contribution in [0.3, 0.4) is 0 Å². The van der Waals surface area contributed by atoms with E-state index in [4.69, 9.17) is 37.2 Å². The standard InChI is InChI=1S/C20H15Cl2N3O3/c1-26-19-8-14-16(23-10-24-17(14)9-20(19)27-2)6-12-7-18(25-28-12)13-4-3-11(21)5-15(13)22/h3-5,7-10H,6H2,1-2H3. The highest BCUT2D eigenvalue weighted by atomic mass is 35.5. The Morgan fingerprint density at radius 3 is 2.50 bits per heavy atom. The SMILES string of the molecule is COc1cc2ncnc(Cc3cc(-c4ccc(Cl)cc4Cl)no3)c2cc1OC. The zero-order valence-corrected chi connectivity index (χ0v) is 16.6. The van der Waals surface area contributed by atoms with Gasteiger partial charge in [-0.1, -0.05) is 28.4 Å². The molecule has 4 aromatic rings. The number of halogens is 2. The smallest absolute Gasteiger partial charge is 0.162 e. The maximum absolute atomic E-state index is 6.26. The van der Waals surface area contributed by atoms with Crippen LogP contribution in [0, 0.1) is 0 Å². The molecular weight excluding hydrogens is 401 g/mol. The van der Waals surface area contributed by atoms with Gasteiger partial charge in [-0.25, -0.2) is 9.97 Å². The molecule has 0 amide bonds. The predicted octanol–water partition coefficient (Wildman–Crippen LogP) is 5.20. The monoisotopic (exact) mass is 415 g/mol. The molecule has 2 heterocycles. The molecule has 0 bridgehead atoms. The molecule has 28 heavy (non-hydrogen) atoms. The first-order chi connectivity index (χ1) is 13.6. The highest BCUT2D eigenvalue weighted by molar-refractivity contribution is 6.36. The first kappa shape index (κ1) is 18.5. The third-order valence-electron chi connectivity index (χ3n) is 4.33. The van der Waals surface area contributed by atoms with E-state index in [9.17, 15) is 0 Å². The second kappa shape index (κ2) is 7.66. The quantitative estimate of drug-likeness (QED) is 0.446. The van der Waals surface area contributed by atoms with Crippen molar-refractivity contribution in [1.82, 2.24) is 15.1 Å². The lowest BCUT2D eigenvalue weighted by Crippen LogP contribution is -1.97. The molecule has 0 aliphatic heterocycles. The lowest BCUT2D eigenvalue weighted by atomic mass is 10.1. The Morgan fingerprint density at radius 2 is 1.75 bits per heavy atom. The number of benzene rings is 2. The molecule has 142 valence electrons. The van der Waals surface area contributed by atoms with Crippen molar-refractivity contribution in [3.8, 4) is 22.8 Å². The number of rotatable bonds is 5. The number of hydrogen-bond acceptors (Lipinski definition) is 6. The van der Waals surface area contributed by atoms with Gasteiger partial charge in [0.1, 0.15) is 17.8 Å². The molecule has 0 spiro atoms. The molecule has 8 heteroatoms. The van der Waals surface area contributed by atoms with Gasteiger partial charge >= 0.3 is 0 Å². The van der Waals surface area contributed by atoms with Crippen molar-refractivity contribution in [3.63, 3.8) is 0 Å². The molecule has 0 aliphatic carbocycles. The summed E-state index contributed by atoms with van der Waals surface area (Å²) in [4.78, 5) is 8.72. The van der Waals surface area contributed by atoms with Gasteiger partial charge in [-0.2, -0.15) is 0 Å². The van der Waals surface area contributed by atoms with E-state index in [0.717, 1.165) is 22.2 Å². The van der Waals surface area contributed by atoms with E-state index >= 15 is 0 Å². The first-order valence-corrected chi connectivity index (χ1v) is 9.11. The lowest BCUT2D eigenvalue weighted by Gasteiger charge is -2.10. The summed E-state index contributed by atoms with van der Waals surface area (Å²) in [5, 5.41) is 6.05. The van der Waals surface area contributed by atoms with Crippen LogP contribution in [0.1, 0.15) is 11.5 Å².